The highest BCUT2D eigenvalue weighted by Crippen LogP contribution is 2.48. The van der Waals surface area contributed by atoms with Crippen LogP contribution in [0.2, 0.25) is 0 Å². The van der Waals surface area contributed by atoms with Gasteiger partial charge in [0.25, 0.3) is 0 Å². The van der Waals surface area contributed by atoms with Crippen LogP contribution < -0.4 is 0 Å². The predicted octanol–water partition coefficient (Wildman–Crippen LogP) is 7.65. The van der Waals surface area contributed by atoms with Crippen LogP contribution in [0.15, 0.2) is 12.2 Å². The van der Waals surface area contributed by atoms with E-state index in [9.17, 15) is 0 Å². The van der Waals surface area contributed by atoms with Crippen molar-refractivity contribution in [2.45, 2.75) is 104 Å². The first-order valence-corrected chi connectivity index (χ1v) is 12.3. The molecule has 0 aromatic carbocycles. The Morgan fingerprint density at radius 2 is 1.33 bits per heavy atom. The van der Waals surface area contributed by atoms with E-state index in [-0.39, 0.29) is 0 Å². The van der Waals surface area contributed by atoms with E-state index >= 15 is 0 Å². The lowest BCUT2D eigenvalue weighted by molar-refractivity contribution is -0.0352. The van der Waals surface area contributed by atoms with E-state index in [1.807, 2.05) is 7.11 Å². The molecule has 3 fully saturated rings. The number of methoxy groups -OCH3 is 1. The summed E-state index contributed by atoms with van der Waals surface area (Å²) in [6.45, 7) is 7.23. The number of allylic oxidation sites excluding steroid dienone is 2. The van der Waals surface area contributed by atoms with E-state index in [1.165, 1.54) is 77.0 Å². The maximum absolute atomic E-state index is 5.74. The normalized spacial score (nSPS) is 43.9. The molecule has 0 spiro atoms. The van der Waals surface area contributed by atoms with Gasteiger partial charge in [-0.15, -0.1) is 0 Å². The summed E-state index contributed by atoms with van der Waals surface area (Å²) in [5.41, 5.74) is 0. The Morgan fingerprint density at radius 3 is 1.93 bits per heavy atom. The van der Waals surface area contributed by atoms with Gasteiger partial charge in [0.15, 0.2) is 0 Å². The minimum Gasteiger partial charge on any atom is -0.381 e. The average molecular weight is 375 g/mol. The van der Waals surface area contributed by atoms with Crippen LogP contribution in [0.5, 0.6) is 0 Å². The number of unbranched alkanes of at least 4 members (excludes halogenated alkanes) is 1. The maximum Gasteiger partial charge on any atom is 0.0599 e. The Balaban J connectivity index is 1.42. The maximum atomic E-state index is 5.74. The van der Waals surface area contributed by atoms with Gasteiger partial charge in [0.2, 0.25) is 0 Å². The standard InChI is InChI=1S/C26H46O/c1-5-6-7-8-21-9-11-22(12-10-21)23-13-15-24(16-14-23)25-17-18-26(27-4)20(3)19(25)2/h7-8,19-26H,5-6,9-18H2,1-4H3/b8-7+. The van der Waals surface area contributed by atoms with Crippen LogP contribution in [-0.4, -0.2) is 13.2 Å². The topological polar surface area (TPSA) is 9.23 Å². The number of hydrogen-bond acceptors (Lipinski definition) is 1. The molecule has 0 saturated heterocycles. The van der Waals surface area contributed by atoms with Gasteiger partial charge in [-0.3, -0.25) is 0 Å². The summed E-state index contributed by atoms with van der Waals surface area (Å²) < 4.78 is 5.74. The molecule has 3 aliphatic rings. The minimum atomic E-state index is 0.508. The first-order chi connectivity index (χ1) is 13.1. The lowest BCUT2D eigenvalue weighted by atomic mass is 9.61. The van der Waals surface area contributed by atoms with Crippen LogP contribution in [0.4, 0.5) is 0 Å². The molecule has 4 unspecified atom stereocenters. The second-order valence-corrected chi connectivity index (χ2v) is 10.3. The molecular formula is C26H46O. The smallest absolute Gasteiger partial charge is 0.0599 e. The average Bonchev–Trinajstić information content (AvgIpc) is 2.71. The van der Waals surface area contributed by atoms with Crippen LogP contribution >= 0.6 is 0 Å². The van der Waals surface area contributed by atoms with Crippen molar-refractivity contribution in [1.29, 1.82) is 0 Å². The summed E-state index contributed by atoms with van der Waals surface area (Å²) in [6.07, 6.45) is 22.8. The van der Waals surface area contributed by atoms with E-state index in [1.54, 1.807) is 0 Å². The molecule has 156 valence electrons. The molecule has 0 aromatic heterocycles. The Bertz CT molecular complexity index is 439. The highest BCUT2D eigenvalue weighted by molar-refractivity contribution is 4.93. The summed E-state index contributed by atoms with van der Waals surface area (Å²) in [6, 6.07) is 0. The van der Waals surface area contributed by atoms with Gasteiger partial charge in [0.05, 0.1) is 6.10 Å². The fraction of sp³-hybridized carbons (Fsp3) is 0.923. The Morgan fingerprint density at radius 1 is 0.741 bits per heavy atom. The van der Waals surface area contributed by atoms with Crippen molar-refractivity contribution in [1.82, 2.24) is 0 Å². The monoisotopic (exact) mass is 374 g/mol. The van der Waals surface area contributed by atoms with Gasteiger partial charge in [-0.05, 0) is 112 Å². The molecule has 0 N–H and O–H groups in total. The van der Waals surface area contributed by atoms with Crippen molar-refractivity contribution in [3.63, 3.8) is 0 Å². The molecule has 0 radical (unpaired) electrons. The molecule has 0 amide bonds. The molecule has 3 aliphatic carbocycles. The number of hydrogen-bond donors (Lipinski definition) is 0. The number of ether oxygens (including phenoxy) is 1. The summed E-state index contributed by atoms with van der Waals surface area (Å²) in [5.74, 6) is 6.53. The summed E-state index contributed by atoms with van der Waals surface area (Å²) in [4.78, 5) is 0. The fourth-order valence-electron chi connectivity index (χ4n) is 6.92. The van der Waals surface area contributed by atoms with Crippen molar-refractivity contribution in [3.8, 4) is 0 Å². The van der Waals surface area contributed by atoms with Crippen LogP contribution in [0.1, 0.15) is 97.8 Å². The largest absolute Gasteiger partial charge is 0.381 e. The summed E-state index contributed by atoms with van der Waals surface area (Å²) in [5, 5.41) is 0. The van der Waals surface area contributed by atoms with E-state index in [2.05, 4.69) is 32.9 Å². The van der Waals surface area contributed by atoms with Crippen molar-refractivity contribution in [3.05, 3.63) is 12.2 Å². The summed E-state index contributed by atoms with van der Waals surface area (Å²) in [7, 11) is 1.91. The third-order valence-corrected chi connectivity index (χ3v) is 8.95. The SMILES string of the molecule is CCC/C=C/C1CCC(C2CCC(C3CCC(OC)C(C)C3C)CC2)CC1. The third kappa shape index (κ3) is 5.40. The van der Waals surface area contributed by atoms with E-state index in [0.717, 1.165) is 41.4 Å². The third-order valence-electron chi connectivity index (χ3n) is 8.95. The van der Waals surface area contributed by atoms with Crippen molar-refractivity contribution < 1.29 is 4.74 Å². The van der Waals surface area contributed by atoms with Gasteiger partial charge >= 0.3 is 0 Å². The quantitative estimate of drug-likeness (QED) is 0.434. The molecule has 0 bridgehead atoms. The Labute approximate surface area is 169 Å². The highest BCUT2D eigenvalue weighted by Gasteiger charge is 2.40. The van der Waals surface area contributed by atoms with Gasteiger partial charge in [0, 0.05) is 7.11 Å². The molecule has 27 heavy (non-hydrogen) atoms. The molecule has 3 rings (SSSR count). The van der Waals surface area contributed by atoms with Gasteiger partial charge in [0.1, 0.15) is 0 Å². The van der Waals surface area contributed by atoms with Crippen LogP contribution in [0.3, 0.4) is 0 Å². The van der Waals surface area contributed by atoms with Crippen LogP contribution in [0, 0.1) is 41.4 Å². The minimum absolute atomic E-state index is 0.508. The zero-order chi connectivity index (χ0) is 19.2. The first kappa shape index (κ1) is 21.4. The fourth-order valence-corrected chi connectivity index (χ4v) is 6.92. The molecule has 0 aromatic rings. The predicted molar refractivity (Wildman–Crippen MR) is 117 cm³/mol. The second kappa shape index (κ2) is 10.5. The van der Waals surface area contributed by atoms with Crippen LogP contribution in [-0.2, 0) is 4.74 Å². The van der Waals surface area contributed by atoms with Gasteiger partial charge in [-0.1, -0.05) is 39.3 Å². The Hall–Kier alpha value is -0.300. The van der Waals surface area contributed by atoms with E-state index < -0.39 is 0 Å². The van der Waals surface area contributed by atoms with Gasteiger partial charge < -0.3 is 4.74 Å². The molecule has 3 saturated carbocycles. The van der Waals surface area contributed by atoms with Crippen LogP contribution in [0.25, 0.3) is 0 Å². The molecule has 0 aliphatic heterocycles. The molecular weight excluding hydrogens is 328 g/mol. The van der Waals surface area contributed by atoms with Gasteiger partial charge in [-0.25, -0.2) is 0 Å². The molecule has 4 atom stereocenters. The first-order valence-electron chi connectivity index (χ1n) is 12.3. The van der Waals surface area contributed by atoms with Crippen molar-refractivity contribution in [2.75, 3.05) is 7.11 Å². The highest BCUT2D eigenvalue weighted by atomic mass is 16.5. The number of rotatable bonds is 6. The second-order valence-electron chi connectivity index (χ2n) is 10.3. The lowest BCUT2D eigenvalue weighted by Gasteiger charge is -2.46. The Kier molecular flexibility index (Phi) is 8.30. The summed E-state index contributed by atoms with van der Waals surface area (Å²) >= 11 is 0. The van der Waals surface area contributed by atoms with E-state index in [4.69, 9.17) is 4.74 Å². The lowest BCUT2D eigenvalue weighted by Crippen LogP contribution is -2.40. The zero-order valence-electron chi connectivity index (χ0n) is 18.7. The molecule has 1 heteroatoms. The van der Waals surface area contributed by atoms with Gasteiger partial charge in [-0.2, -0.15) is 0 Å². The van der Waals surface area contributed by atoms with E-state index in [0.29, 0.717) is 6.10 Å². The van der Waals surface area contributed by atoms with Crippen molar-refractivity contribution in [2.24, 2.45) is 41.4 Å². The van der Waals surface area contributed by atoms with Crippen molar-refractivity contribution >= 4 is 0 Å². The molecule has 1 nitrogen and oxygen atoms in total. The molecule has 0 heterocycles. The zero-order valence-corrected chi connectivity index (χ0v) is 18.7.